The number of carbonyl (C=O) groups is 4. The van der Waals surface area contributed by atoms with Crippen LogP contribution >= 0.6 is 0 Å². The molecule has 0 fully saturated rings. The molecule has 8 heteroatoms. The van der Waals surface area contributed by atoms with E-state index >= 15 is 0 Å². The van der Waals surface area contributed by atoms with Gasteiger partial charge in [0.2, 0.25) is 11.8 Å². The maximum absolute atomic E-state index is 12.3. The topological polar surface area (TPSA) is 125 Å². The largest absolute Gasteiger partial charge is 0.454 e. The second-order valence-corrected chi connectivity index (χ2v) is 7.18. The van der Waals surface area contributed by atoms with Crippen LogP contribution in [0.4, 0.5) is 11.4 Å². The number of hydrogen-bond donors (Lipinski definition) is 2. The summed E-state index contributed by atoms with van der Waals surface area (Å²) in [5.41, 5.74) is 1.59. The zero-order chi connectivity index (χ0) is 22.8. The lowest BCUT2D eigenvalue weighted by Gasteiger charge is -2.08. The minimum atomic E-state index is -0.680. The van der Waals surface area contributed by atoms with Gasteiger partial charge in [-0.15, -0.1) is 0 Å². The van der Waals surface area contributed by atoms with Crippen molar-refractivity contribution in [3.63, 3.8) is 0 Å². The number of nitrogens with one attached hydrogen (secondary N) is 2. The molecule has 2 aromatic rings. The Kier molecular flexibility index (Phi) is 8.46. The van der Waals surface area contributed by atoms with E-state index < -0.39 is 18.5 Å². The number of rotatable bonds is 9. The summed E-state index contributed by atoms with van der Waals surface area (Å²) >= 11 is 0. The fourth-order valence-electron chi connectivity index (χ4n) is 2.59. The zero-order valence-electron chi connectivity index (χ0n) is 17.3. The number of benzene rings is 2. The van der Waals surface area contributed by atoms with Crippen molar-refractivity contribution in [3.05, 3.63) is 59.7 Å². The van der Waals surface area contributed by atoms with E-state index in [0.29, 0.717) is 23.4 Å². The van der Waals surface area contributed by atoms with Crippen molar-refractivity contribution in [2.45, 2.75) is 26.7 Å². The van der Waals surface area contributed by atoms with E-state index in [0.717, 1.165) is 0 Å². The summed E-state index contributed by atoms with van der Waals surface area (Å²) in [5.74, 6) is -1.36. The molecule has 0 radical (unpaired) electrons. The number of nitriles is 1. The molecule has 0 spiro atoms. The van der Waals surface area contributed by atoms with Crippen LogP contribution in [-0.2, 0) is 14.3 Å². The SMILES string of the molecule is CC(C)CC(=O)Nc1ccc(C(=O)COC(=O)c2ccc(NC(=O)CC#N)cc2)cc1. The number of amides is 2. The summed E-state index contributed by atoms with van der Waals surface area (Å²) in [7, 11) is 0. The van der Waals surface area contributed by atoms with Crippen LogP contribution in [0.2, 0.25) is 0 Å². The molecular weight excluding hydrogens is 398 g/mol. The first kappa shape index (κ1) is 23.3. The highest BCUT2D eigenvalue weighted by atomic mass is 16.5. The lowest BCUT2D eigenvalue weighted by atomic mass is 10.1. The summed E-state index contributed by atoms with van der Waals surface area (Å²) in [6.07, 6.45) is 0.140. The average molecular weight is 421 g/mol. The molecule has 0 heterocycles. The number of nitrogens with zero attached hydrogens (tertiary/aromatic N) is 1. The summed E-state index contributed by atoms with van der Waals surface area (Å²) in [6.45, 7) is 3.47. The molecule has 8 nitrogen and oxygen atoms in total. The molecule has 0 aliphatic carbocycles. The van der Waals surface area contributed by atoms with E-state index in [1.807, 2.05) is 13.8 Å². The number of Topliss-reactive ketones (excluding diaryl/α,β-unsaturated/α-hetero) is 1. The fraction of sp³-hybridized carbons (Fsp3) is 0.261. The Morgan fingerprint density at radius 3 is 1.90 bits per heavy atom. The molecule has 160 valence electrons. The van der Waals surface area contributed by atoms with Crippen LogP contribution < -0.4 is 10.6 Å². The summed E-state index contributed by atoms with van der Waals surface area (Å²) in [5, 5.41) is 13.7. The minimum absolute atomic E-state index is 0.0985. The second-order valence-electron chi connectivity index (χ2n) is 7.18. The Hall–Kier alpha value is -3.99. The van der Waals surface area contributed by atoms with E-state index in [4.69, 9.17) is 10.00 Å². The summed E-state index contributed by atoms with van der Waals surface area (Å²) in [4.78, 5) is 47.5. The van der Waals surface area contributed by atoms with Crippen molar-refractivity contribution in [3.8, 4) is 6.07 Å². The molecule has 31 heavy (non-hydrogen) atoms. The monoisotopic (exact) mass is 421 g/mol. The van der Waals surface area contributed by atoms with Crippen LogP contribution in [-0.4, -0.2) is 30.2 Å². The fourth-order valence-corrected chi connectivity index (χ4v) is 2.59. The first-order valence-corrected chi connectivity index (χ1v) is 9.65. The van der Waals surface area contributed by atoms with Crippen molar-refractivity contribution < 1.29 is 23.9 Å². The first-order chi connectivity index (χ1) is 14.8. The van der Waals surface area contributed by atoms with Crippen molar-refractivity contribution in [1.29, 1.82) is 5.26 Å². The standard InChI is InChI=1S/C23H23N3O5/c1-15(2)13-22(29)26-19-7-3-16(4-8-19)20(27)14-31-23(30)17-5-9-18(10-6-17)25-21(28)11-12-24/h3-10,15H,11,13-14H2,1-2H3,(H,25,28)(H,26,29). The van der Waals surface area contributed by atoms with Gasteiger partial charge in [0.05, 0.1) is 11.6 Å². The van der Waals surface area contributed by atoms with Gasteiger partial charge in [-0.3, -0.25) is 14.4 Å². The average Bonchev–Trinajstić information content (AvgIpc) is 2.72. The van der Waals surface area contributed by atoms with Gasteiger partial charge in [0.15, 0.2) is 12.4 Å². The lowest BCUT2D eigenvalue weighted by molar-refractivity contribution is -0.117. The second kappa shape index (κ2) is 11.3. The molecule has 0 saturated heterocycles. The normalized spacial score (nSPS) is 10.1. The smallest absolute Gasteiger partial charge is 0.338 e. The van der Waals surface area contributed by atoms with Gasteiger partial charge in [0, 0.05) is 23.4 Å². The third-order valence-electron chi connectivity index (χ3n) is 4.06. The third-order valence-corrected chi connectivity index (χ3v) is 4.06. The van der Waals surface area contributed by atoms with Crippen LogP contribution in [0.1, 0.15) is 47.4 Å². The Bertz CT molecular complexity index is 989. The highest BCUT2D eigenvalue weighted by Crippen LogP contribution is 2.13. The molecule has 0 aliphatic rings. The van der Waals surface area contributed by atoms with E-state index in [-0.39, 0.29) is 29.6 Å². The van der Waals surface area contributed by atoms with Crippen molar-refractivity contribution >= 4 is 34.9 Å². The van der Waals surface area contributed by atoms with Gasteiger partial charge in [-0.1, -0.05) is 13.8 Å². The van der Waals surface area contributed by atoms with Gasteiger partial charge < -0.3 is 15.4 Å². The number of carbonyl (C=O) groups excluding carboxylic acids is 4. The molecule has 2 N–H and O–H groups in total. The van der Waals surface area contributed by atoms with Crippen LogP contribution in [0.15, 0.2) is 48.5 Å². The Morgan fingerprint density at radius 2 is 1.39 bits per heavy atom. The molecule has 0 bridgehead atoms. The van der Waals surface area contributed by atoms with Gasteiger partial charge in [-0.05, 0) is 54.4 Å². The zero-order valence-corrected chi connectivity index (χ0v) is 17.3. The number of ketones is 1. The predicted molar refractivity (Wildman–Crippen MR) is 114 cm³/mol. The quantitative estimate of drug-likeness (QED) is 0.471. The van der Waals surface area contributed by atoms with Gasteiger partial charge in [0.25, 0.3) is 0 Å². The van der Waals surface area contributed by atoms with Crippen LogP contribution in [0.3, 0.4) is 0 Å². The van der Waals surface area contributed by atoms with E-state index in [9.17, 15) is 19.2 Å². The van der Waals surface area contributed by atoms with Crippen LogP contribution in [0.5, 0.6) is 0 Å². The maximum atomic E-state index is 12.3. The molecule has 2 amide bonds. The minimum Gasteiger partial charge on any atom is -0.454 e. The molecular formula is C23H23N3O5. The Balaban J connectivity index is 1.86. The summed E-state index contributed by atoms with van der Waals surface area (Å²) < 4.78 is 5.05. The first-order valence-electron chi connectivity index (χ1n) is 9.65. The Labute approximate surface area is 180 Å². The highest BCUT2D eigenvalue weighted by molar-refractivity contribution is 6.00. The number of anilines is 2. The molecule has 2 rings (SSSR count). The van der Waals surface area contributed by atoms with Gasteiger partial charge in [-0.25, -0.2) is 4.79 Å². The van der Waals surface area contributed by atoms with E-state index in [1.165, 1.54) is 24.3 Å². The van der Waals surface area contributed by atoms with E-state index in [1.54, 1.807) is 30.3 Å². The summed E-state index contributed by atoms with van der Waals surface area (Å²) in [6, 6.07) is 14.0. The maximum Gasteiger partial charge on any atom is 0.338 e. The van der Waals surface area contributed by atoms with Crippen molar-refractivity contribution in [1.82, 2.24) is 0 Å². The number of hydrogen-bond acceptors (Lipinski definition) is 6. The van der Waals surface area contributed by atoms with Crippen LogP contribution in [0, 0.1) is 17.2 Å². The van der Waals surface area contributed by atoms with Gasteiger partial charge >= 0.3 is 5.97 Å². The van der Waals surface area contributed by atoms with Gasteiger partial charge in [0.1, 0.15) is 6.42 Å². The lowest BCUT2D eigenvalue weighted by Crippen LogP contribution is -2.15. The molecule has 0 aromatic heterocycles. The predicted octanol–water partition coefficient (Wildman–Crippen LogP) is 3.56. The van der Waals surface area contributed by atoms with Crippen LogP contribution in [0.25, 0.3) is 0 Å². The van der Waals surface area contributed by atoms with Gasteiger partial charge in [-0.2, -0.15) is 5.26 Å². The molecule has 0 unspecified atom stereocenters. The van der Waals surface area contributed by atoms with Crippen molar-refractivity contribution in [2.24, 2.45) is 5.92 Å². The number of ether oxygens (including phenoxy) is 1. The third kappa shape index (κ3) is 7.74. The van der Waals surface area contributed by atoms with Crippen molar-refractivity contribution in [2.75, 3.05) is 17.2 Å². The van der Waals surface area contributed by atoms with E-state index in [2.05, 4.69) is 10.6 Å². The molecule has 0 saturated carbocycles. The molecule has 0 atom stereocenters. The molecule has 0 aliphatic heterocycles. The number of esters is 1. The molecule has 2 aromatic carbocycles. The Morgan fingerprint density at radius 1 is 0.871 bits per heavy atom. The highest BCUT2D eigenvalue weighted by Gasteiger charge is 2.13.